The van der Waals surface area contributed by atoms with E-state index in [4.69, 9.17) is 14.2 Å². The topological polar surface area (TPSA) is 44.8 Å². The van der Waals surface area contributed by atoms with E-state index in [9.17, 15) is 4.79 Å². The minimum Gasteiger partial charge on any atom is -0.458 e. The fraction of sp³-hybridized carbons (Fsp3) is 0.545. The molecule has 0 N–H and O–H groups in total. The quantitative estimate of drug-likeness (QED) is 0.653. The zero-order valence-corrected chi connectivity index (χ0v) is 8.91. The minimum absolute atomic E-state index is 0.259. The maximum absolute atomic E-state index is 11.0. The minimum atomic E-state index is -0.557. The van der Waals surface area contributed by atoms with Crippen molar-refractivity contribution in [1.82, 2.24) is 0 Å². The SMILES string of the molecule is CCC1(OC(C)=O)C=CC2=C(C1)OCO2. The molecule has 2 rings (SSSR count). The number of hydrogen-bond acceptors (Lipinski definition) is 4. The Bertz CT molecular complexity index is 342. The first-order chi connectivity index (χ1) is 7.15. The predicted molar refractivity (Wildman–Crippen MR) is 52.6 cm³/mol. The van der Waals surface area contributed by atoms with Gasteiger partial charge in [0.2, 0.25) is 6.79 Å². The molecule has 4 heteroatoms. The summed E-state index contributed by atoms with van der Waals surface area (Å²) in [6.07, 6.45) is 4.98. The van der Waals surface area contributed by atoms with Gasteiger partial charge in [-0.3, -0.25) is 4.79 Å². The van der Waals surface area contributed by atoms with Crippen LogP contribution in [-0.2, 0) is 19.0 Å². The van der Waals surface area contributed by atoms with Crippen LogP contribution in [0.15, 0.2) is 23.7 Å². The third kappa shape index (κ3) is 1.84. The predicted octanol–water partition coefficient (Wildman–Crippen LogP) is 1.87. The van der Waals surface area contributed by atoms with E-state index in [1.165, 1.54) is 6.92 Å². The molecule has 0 saturated carbocycles. The van der Waals surface area contributed by atoms with Gasteiger partial charge in [0.15, 0.2) is 5.76 Å². The number of carbonyl (C=O) groups excluding carboxylic acids is 1. The second-order valence-electron chi connectivity index (χ2n) is 3.72. The molecular formula is C11H14O4. The average Bonchev–Trinajstić information content (AvgIpc) is 2.63. The molecule has 0 aromatic heterocycles. The molecule has 1 unspecified atom stereocenters. The van der Waals surface area contributed by atoms with Crippen molar-refractivity contribution in [2.45, 2.75) is 32.3 Å². The largest absolute Gasteiger partial charge is 0.458 e. The summed E-state index contributed by atoms with van der Waals surface area (Å²) in [6, 6.07) is 0. The van der Waals surface area contributed by atoms with Gasteiger partial charge >= 0.3 is 5.97 Å². The molecular weight excluding hydrogens is 196 g/mol. The number of hydrogen-bond donors (Lipinski definition) is 0. The molecule has 1 heterocycles. The Morgan fingerprint density at radius 1 is 1.60 bits per heavy atom. The Hall–Kier alpha value is -1.45. The molecule has 0 spiro atoms. The first kappa shape index (κ1) is 10.1. The highest BCUT2D eigenvalue weighted by atomic mass is 16.7. The summed E-state index contributed by atoms with van der Waals surface area (Å²) in [5.41, 5.74) is -0.557. The third-order valence-electron chi connectivity index (χ3n) is 2.67. The van der Waals surface area contributed by atoms with E-state index < -0.39 is 5.60 Å². The van der Waals surface area contributed by atoms with Crippen LogP contribution >= 0.6 is 0 Å². The number of rotatable bonds is 2. The van der Waals surface area contributed by atoms with Crippen molar-refractivity contribution in [1.29, 1.82) is 0 Å². The molecule has 15 heavy (non-hydrogen) atoms. The van der Waals surface area contributed by atoms with Gasteiger partial charge in [0, 0.05) is 6.92 Å². The summed E-state index contributed by atoms with van der Waals surface area (Å²) in [6.45, 7) is 3.66. The Kier molecular flexibility index (Phi) is 2.42. The van der Waals surface area contributed by atoms with E-state index >= 15 is 0 Å². The molecule has 2 aliphatic rings. The Morgan fingerprint density at radius 3 is 3.07 bits per heavy atom. The lowest BCUT2D eigenvalue weighted by atomic mass is 9.90. The summed E-state index contributed by atoms with van der Waals surface area (Å²) in [5, 5.41) is 0. The normalized spacial score (nSPS) is 28.1. The van der Waals surface area contributed by atoms with Crippen LogP contribution in [0.3, 0.4) is 0 Å². The van der Waals surface area contributed by atoms with Crippen LogP contribution in [0.4, 0.5) is 0 Å². The Labute approximate surface area is 88.5 Å². The van der Waals surface area contributed by atoms with E-state index in [1.54, 1.807) is 0 Å². The van der Waals surface area contributed by atoms with Gasteiger partial charge in [-0.1, -0.05) is 6.92 Å². The molecule has 0 fully saturated rings. The van der Waals surface area contributed by atoms with Crippen LogP contribution in [0.1, 0.15) is 26.7 Å². The lowest BCUT2D eigenvalue weighted by Gasteiger charge is -2.30. The van der Waals surface area contributed by atoms with Gasteiger partial charge in [0.1, 0.15) is 11.4 Å². The molecule has 0 aromatic carbocycles. The van der Waals surface area contributed by atoms with Crippen molar-refractivity contribution in [3.63, 3.8) is 0 Å². The van der Waals surface area contributed by atoms with Gasteiger partial charge in [-0.15, -0.1) is 0 Å². The first-order valence-electron chi connectivity index (χ1n) is 5.03. The smallest absolute Gasteiger partial charge is 0.303 e. The highest BCUT2D eigenvalue weighted by Gasteiger charge is 2.36. The number of allylic oxidation sites excluding steroid dienone is 1. The highest BCUT2D eigenvalue weighted by Crippen LogP contribution is 2.36. The molecule has 0 amide bonds. The van der Waals surface area contributed by atoms with Crippen LogP contribution < -0.4 is 0 Å². The van der Waals surface area contributed by atoms with Crippen LogP contribution in [0.25, 0.3) is 0 Å². The van der Waals surface area contributed by atoms with E-state index in [-0.39, 0.29) is 12.8 Å². The molecule has 0 radical (unpaired) electrons. The van der Waals surface area contributed by atoms with Crippen molar-refractivity contribution in [3.8, 4) is 0 Å². The van der Waals surface area contributed by atoms with Gasteiger partial charge < -0.3 is 14.2 Å². The van der Waals surface area contributed by atoms with Crippen LogP contribution in [0.2, 0.25) is 0 Å². The van der Waals surface area contributed by atoms with Crippen molar-refractivity contribution >= 4 is 5.97 Å². The van der Waals surface area contributed by atoms with Crippen LogP contribution in [0.5, 0.6) is 0 Å². The lowest BCUT2D eigenvalue weighted by molar-refractivity contribution is -0.153. The molecule has 0 aromatic rings. The molecule has 1 aliphatic carbocycles. The third-order valence-corrected chi connectivity index (χ3v) is 2.67. The number of esters is 1. The van der Waals surface area contributed by atoms with Crippen LogP contribution in [0, 0.1) is 0 Å². The van der Waals surface area contributed by atoms with Crippen LogP contribution in [-0.4, -0.2) is 18.4 Å². The maximum Gasteiger partial charge on any atom is 0.303 e. The van der Waals surface area contributed by atoms with Gasteiger partial charge in [-0.05, 0) is 18.6 Å². The Balaban J connectivity index is 2.18. The van der Waals surface area contributed by atoms with Crippen molar-refractivity contribution in [2.24, 2.45) is 0 Å². The van der Waals surface area contributed by atoms with E-state index in [0.717, 1.165) is 17.9 Å². The monoisotopic (exact) mass is 210 g/mol. The van der Waals surface area contributed by atoms with E-state index in [2.05, 4.69) is 0 Å². The van der Waals surface area contributed by atoms with Crippen molar-refractivity contribution in [2.75, 3.05) is 6.79 Å². The van der Waals surface area contributed by atoms with Crippen molar-refractivity contribution < 1.29 is 19.0 Å². The second-order valence-corrected chi connectivity index (χ2v) is 3.72. The summed E-state index contributed by atoms with van der Waals surface area (Å²) in [7, 11) is 0. The molecule has 1 aliphatic heterocycles. The molecule has 82 valence electrons. The summed E-state index contributed by atoms with van der Waals surface area (Å²) in [4.78, 5) is 11.0. The fourth-order valence-corrected chi connectivity index (χ4v) is 1.82. The maximum atomic E-state index is 11.0. The molecule has 1 atom stereocenters. The van der Waals surface area contributed by atoms with Gasteiger partial charge in [-0.2, -0.15) is 0 Å². The van der Waals surface area contributed by atoms with E-state index in [0.29, 0.717) is 6.42 Å². The van der Waals surface area contributed by atoms with E-state index in [1.807, 2.05) is 19.1 Å². The highest BCUT2D eigenvalue weighted by molar-refractivity contribution is 5.67. The van der Waals surface area contributed by atoms with Gasteiger partial charge in [-0.25, -0.2) is 0 Å². The zero-order valence-electron chi connectivity index (χ0n) is 8.91. The standard InChI is InChI=1S/C11H14O4/c1-3-11(15-8(2)12)5-4-9-10(6-11)14-7-13-9/h4-5H,3,6-7H2,1-2H3. The zero-order chi connectivity index (χ0) is 10.9. The van der Waals surface area contributed by atoms with Gasteiger partial charge in [0.05, 0.1) is 6.42 Å². The number of carbonyl (C=O) groups is 1. The number of ether oxygens (including phenoxy) is 3. The molecule has 0 bridgehead atoms. The summed E-state index contributed by atoms with van der Waals surface area (Å²) < 4.78 is 15.9. The molecule has 0 saturated heterocycles. The summed E-state index contributed by atoms with van der Waals surface area (Å²) in [5.74, 6) is 1.26. The van der Waals surface area contributed by atoms with Gasteiger partial charge in [0.25, 0.3) is 0 Å². The fourth-order valence-electron chi connectivity index (χ4n) is 1.82. The lowest BCUT2D eigenvalue weighted by Crippen LogP contribution is -2.33. The van der Waals surface area contributed by atoms with Crippen molar-refractivity contribution in [3.05, 3.63) is 23.7 Å². The molecule has 4 nitrogen and oxygen atoms in total. The second kappa shape index (κ2) is 3.61. The first-order valence-corrected chi connectivity index (χ1v) is 5.03. The summed E-state index contributed by atoms with van der Waals surface area (Å²) >= 11 is 0. The average molecular weight is 210 g/mol. The Morgan fingerprint density at radius 2 is 2.40 bits per heavy atom.